The molecule has 1 aromatic heterocycles. The highest BCUT2D eigenvalue weighted by atomic mass is 16.5. The van der Waals surface area contributed by atoms with Gasteiger partial charge in [-0.05, 0) is 18.6 Å². The Labute approximate surface area is 110 Å². The van der Waals surface area contributed by atoms with Gasteiger partial charge in [0, 0.05) is 18.3 Å². The van der Waals surface area contributed by atoms with Gasteiger partial charge in [0.15, 0.2) is 5.76 Å². The zero-order valence-corrected chi connectivity index (χ0v) is 10.5. The molecule has 2 aromatic rings. The molecule has 3 rings (SSSR count). The van der Waals surface area contributed by atoms with Gasteiger partial charge in [-0.2, -0.15) is 0 Å². The quantitative estimate of drug-likeness (QED) is 0.913. The van der Waals surface area contributed by atoms with Gasteiger partial charge in [-0.25, -0.2) is 0 Å². The van der Waals surface area contributed by atoms with Crippen LogP contribution in [0.2, 0.25) is 0 Å². The van der Waals surface area contributed by atoms with Gasteiger partial charge in [0.1, 0.15) is 5.92 Å². The zero-order chi connectivity index (χ0) is 13.4. The van der Waals surface area contributed by atoms with Gasteiger partial charge in [-0.15, -0.1) is 0 Å². The largest absolute Gasteiger partial charge is 0.481 e. The smallest absolute Gasteiger partial charge is 0.312 e. The number of fused-ring (bicyclic) bond motifs is 1. The van der Waals surface area contributed by atoms with Crippen molar-refractivity contribution in [3.05, 3.63) is 47.3 Å². The van der Waals surface area contributed by atoms with E-state index < -0.39 is 11.9 Å². The molecular weight excluding hydrogens is 244 g/mol. The molecule has 0 radical (unpaired) electrons. The second kappa shape index (κ2) is 4.42. The second-order valence-corrected chi connectivity index (χ2v) is 4.76. The molecule has 19 heavy (non-hydrogen) atoms. The molecule has 0 bridgehead atoms. The maximum Gasteiger partial charge on any atom is 0.312 e. The lowest BCUT2D eigenvalue weighted by molar-refractivity contribution is -0.138. The summed E-state index contributed by atoms with van der Waals surface area (Å²) in [6.45, 7) is 2.88. The number of nitrogens with zero attached hydrogens (tertiary/aromatic N) is 2. The third kappa shape index (κ3) is 2.07. The van der Waals surface area contributed by atoms with Gasteiger partial charge in [0.05, 0.1) is 12.2 Å². The topological polar surface area (TPSA) is 66.6 Å². The fourth-order valence-electron chi connectivity index (χ4n) is 2.53. The van der Waals surface area contributed by atoms with E-state index in [9.17, 15) is 9.90 Å². The normalized spacial score (nSPS) is 17.5. The van der Waals surface area contributed by atoms with Crippen LogP contribution in [0.5, 0.6) is 0 Å². The van der Waals surface area contributed by atoms with E-state index >= 15 is 0 Å². The molecule has 5 heteroatoms. The van der Waals surface area contributed by atoms with E-state index in [2.05, 4.69) is 5.16 Å². The van der Waals surface area contributed by atoms with E-state index in [1.807, 2.05) is 42.2 Å². The highest BCUT2D eigenvalue weighted by Crippen LogP contribution is 2.37. The van der Waals surface area contributed by atoms with E-state index in [1.54, 1.807) is 0 Å². The Morgan fingerprint density at radius 1 is 1.53 bits per heavy atom. The summed E-state index contributed by atoms with van der Waals surface area (Å²) >= 11 is 0. The Morgan fingerprint density at radius 2 is 2.32 bits per heavy atom. The molecule has 0 spiro atoms. The fraction of sp³-hybridized carbons (Fsp3) is 0.286. The molecule has 0 saturated heterocycles. The van der Waals surface area contributed by atoms with Crippen LogP contribution in [0.1, 0.15) is 22.9 Å². The average molecular weight is 258 g/mol. The predicted molar refractivity (Wildman–Crippen MR) is 69.1 cm³/mol. The zero-order valence-electron chi connectivity index (χ0n) is 10.5. The van der Waals surface area contributed by atoms with Crippen molar-refractivity contribution in [2.24, 2.45) is 0 Å². The van der Waals surface area contributed by atoms with Crippen molar-refractivity contribution in [2.75, 3.05) is 11.4 Å². The van der Waals surface area contributed by atoms with Crippen LogP contribution in [0.3, 0.4) is 0 Å². The lowest BCUT2D eigenvalue weighted by atomic mass is 10.0. The standard InChI is InChI=1S/C14H14N2O3/c1-9-6-10(19-15-9)7-16-8-12(14(17)18)11-4-2-3-5-13(11)16/h2-6,12H,7-8H2,1H3,(H,17,18). The van der Waals surface area contributed by atoms with Crippen molar-refractivity contribution in [1.29, 1.82) is 0 Å². The minimum absolute atomic E-state index is 0.467. The minimum atomic E-state index is -0.788. The average Bonchev–Trinajstić information content (AvgIpc) is 2.95. The van der Waals surface area contributed by atoms with Crippen LogP contribution in [0.15, 0.2) is 34.9 Å². The molecule has 0 saturated carbocycles. The highest BCUT2D eigenvalue weighted by Gasteiger charge is 2.33. The number of para-hydroxylation sites is 1. The highest BCUT2D eigenvalue weighted by molar-refractivity contribution is 5.82. The number of carbonyl (C=O) groups is 1. The molecule has 1 aromatic carbocycles. The van der Waals surface area contributed by atoms with E-state index in [1.165, 1.54) is 0 Å². The van der Waals surface area contributed by atoms with Crippen LogP contribution >= 0.6 is 0 Å². The first kappa shape index (κ1) is 11.8. The number of hydrogen-bond donors (Lipinski definition) is 1. The molecule has 5 nitrogen and oxygen atoms in total. The molecule has 1 aliphatic rings. The number of aliphatic carboxylic acids is 1. The number of aryl methyl sites for hydroxylation is 1. The summed E-state index contributed by atoms with van der Waals surface area (Å²) in [6, 6.07) is 9.48. The van der Waals surface area contributed by atoms with Crippen molar-refractivity contribution in [1.82, 2.24) is 5.16 Å². The molecule has 1 N–H and O–H groups in total. The third-order valence-corrected chi connectivity index (χ3v) is 3.38. The minimum Gasteiger partial charge on any atom is -0.481 e. The first-order chi connectivity index (χ1) is 9.15. The Bertz CT molecular complexity index is 621. The van der Waals surface area contributed by atoms with Gasteiger partial charge in [-0.1, -0.05) is 23.4 Å². The van der Waals surface area contributed by atoms with Gasteiger partial charge in [0.2, 0.25) is 0 Å². The van der Waals surface area contributed by atoms with Crippen molar-refractivity contribution in [3.8, 4) is 0 Å². The Hall–Kier alpha value is -2.30. The number of benzene rings is 1. The molecule has 98 valence electrons. The summed E-state index contributed by atoms with van der Waals surface area (Å²) < 4.78 is 5.20. The van der Waals surface area contributed by atoms with Crippen molar-refractivity contribution < 1.29 is 14.4 Å². The maximum atomic E-state index is 11.3. The molecule has 2 heterocycles. The first-order valence-electron chi connectivity index (χ1n) is 6.14. The van der Waals surface area contributed by atoms with Gasteiger partial charge in [0.25, 0.3) is 0 Å². The number of carboxylic acids is 1. The SMILES string of the molecule is Cc1cc(CN2CC(C(=O)O)c3ccccc32)on1. The summed E-state index contributed by atoms with van der Waals surface area (Å²) in [4.78, 5) is 13.3. The van der Waals surface area contributed by atoms with Gasteiger partial charge in [-0.3, -0.25) is 4.79 Å². The van der Waals surface area contributed by atoms with E-state index in [0.29, 0.717) is 13.1 Å². The van der Waals surface area contributed by atoms with Crippen LogP contribution < -0.4 is 4.90 Å². The van der Waals surface area contributed by atoms with Crippen LogP contribution in [-0.4, -0.2) is 22.8 Å². The predicted octanol–water partition coefficient (Wildman–Crippen LogP) is 2.17. The fourth-order valence-corrected chi connectivity index (χ4v) is 2.53. The monoisotopic (exact) mass is 258 g/mol. The van der Waals surface area contributed by atoms with E-state index in [0.717, 1.165) is 22.7 Å². The number of carboxylic acid groups (broad SMARTS) is 1. The Morgan fingerprint density at radius 3 is 3.00 bits per heavy atom. The van der Waals surface area contributed by atoms with Crippen molar-refractivity contribution in [3.63, 3.8) is 0 Å². The van der Waals surface area contributed by atoms with E-state index in [4.69, 9.17) is 4.52 Å². The first-order valence-corrected chi connectivity index (χ1v) is 6.14. The van der Waals surface area contributed by atoms with Crippen LogP contribution in [0.25, 0.3) is 0 Å². The summed E-state index contributed by atoms with van der Waals surface area (Å²) in [5.41, 5.74) is 2.66. The molecular formula is C14H14N2O3. The Balaban J connectivity index is 1.90. The summed E-state index contributed by atoms with van der Waals surface area (Å²) in [7, 11) is 0. The number of aromatic nitrogens is 1. The molecule has 1 atom stereocenters. The summed E-state index contributed by atoms with van der Waals surface area (Å²) in [5, 5.41) is 13.1. The van der Waals surface area contributed by atoms with Crippen LogP contribution in [-0.2, 0) is 11.3 Å². The third-order valence-electron chi connectivity index (χ3n) is 3.38. The van der Waals surface area contributed by atoms with Gasteiger partial charge < -0.3 is 14.5 Å². The molecule has 1 unspecified atom stereocenters. The Kier molecular flexibility index (Phi) is 2.74. The van der Waals surface area contributed by atoms with E-state index in [-0.39, 0.29) is 0 Å². The van der Waals surface area contributed by atoms with Crippen molar-refractivity contribution in [2.45, 2.75) is 19.4 Å². The molecule has 0 aliphatic carbocycles. The molecule has 0 amide bonds. The number of rotatable bonds is 3. The summed E-state index contributed by atoms with van der Waals surface area (Å²) in [5.74, 6) is -0.512. The number of anilines is 1. The lowest BCUT2D eigenvalue weighted by Gasteiger charge is -2.17. The van der Waals surface area contributed by atoms with Crippen LogP contribution in [0, 0.1) is 6.92 Å². The maximum absolute atomic E-state index is 11.3. The number of hydrogen-bond acceptors (Lipinski definition) is 4. The lowest BCUT2D eigenvalue weighted by Crippen LogP contribution is -2.23. The van der Waals surface area contributed by atoms with Crippen molar-refractivity contribution >= 4 is 11.7 Å². The molecule has 1 aliphatic heterocycles. The second-order valence-electron chi connectivity index (χ2n) is 4.76. The van der Waals surface area contributed by atoms with Gasteiger partial charge >= 0.3 is 5.97 Å². The van der Waals surface area contributed by atoms with Crippen LogP contribution in [0.4, 0.5) is 5.69 Å². The molecule has 0 fully saturated rings. The summed E-state index contributed by atoms with van der Waals surface area (Å²) in [6.07, 6.45) is 0.